The molecular formula is C15H34N4. The lowest BCUT2D eigenvalue weighted by Crippen LogP contribution is -2.53. The van der Waals surface area contributed by atoms with Crippen molar-refractivity contribution in [2.24, 2.45) is 0 Å². The van der Waals surface area contributed by atoms with Crippen molar-refractivity contribution in [1.82, 2.24) is 19.6 Å². The normalized spacial score (nSPS) is 35.8. The van der Waals surface area contributed by atoms with E-state index in [0.717, 1.165) is 6.04 Å². The van der Waals surface area contributed by atoms with Gasteiger partial charge in [0.25, 0.3) is 0 Å². The summed E-state index contributed by atoms with van der Waals surface area (Å²) in [5, 5.41) is 0. The molecule has 0 amide bonds. The van der Waals surface area contributed by atoms with E-state index < -0.39 is 0 Å². The molecule has 4 nitrogen and oxygen atoms in total. The average molecular weight is 270 g/mol. The van der Waals surface area contributed by atoms with Gasteiger partial charge in [-0.15, -0.1) is 0 Å². The lowest BCUT2D eigenvalue weighted by atomic mass is 10.1. The third-order valence-electron chi connectivity index (χ3n) is 4.71. The van der Waals surface area contributed by atoms with E-state index in [1.54, 1.807) is 0 Å². The molecule has 0 bridgehead atoms. The monoisotopic (exact) mass is 270 g/mol. The maximum absolute atomic E-state index is 2.44. The molecule has 19 heavy (non-hydrogen) atoms. The fraction of sp³-hybridized carbons (Fsp3) is 1.00. The van der Waals surface area contributed by atoms with Crippen LogP contribution in [0.25, 0.3) is 0 Å². The van der Waals surface area contributed by atoms with Gasteiger partial charge in [0, 0.05) is 50.8 Å². The molecule has 3 atom stereocenters. The van der Waals surface area contributed by atoms with Crippen LogP contribution in [-0.4, -0.2) is 98.6 Å². The van der Waals surface area contributed by atoms with Crippen molar-refractivity contribution < 1.29 is 0 Å². The van der Waals surface area contributed by atoms with Crippen molar-refractivity contribution >= 4 is 0 Å². The first-order chi connectivity index (χ1) is 8.81. The molecule has 3 unspecified atom stereocenters. The first kappa shape index (κ1) is 16.9. The van der Waals surface area contributed by atoms with Crippen LogP contribution >= 0.6 is 0 Å². The van der Waals surface area contributed by atoms with Gasteiger partial charge in [-0.1, -0.05) is 0 Å². The molecule has 2 aliphatic rings. The van der Waals surface area contributed by atoms with Gasteiger partial charge in [-0.2, -0.15) is 0 Å². The molecule has 114 valence electrons. The van der Waals surface area contributed by atoms with Crippen LogP contribution in [0.15, 0.2) is 0 Å². The predicted molar refractivity (Wildman–Crippen MR) is 83.8 cm³/mol. The summed E-state index contributed by atoms with van der Waals surface area (Å²) in [4.78, 5) is 9.62. The lowest BCUT2D eigenvalue weighted by Gasteiger charge is -2.40. The summed E-state index contributed by atoms with van der Waals surface area (Å²) in [6.45, 7) is 12.9. The minimum atomic E-state index is 0.716. The number of hydrogen-bond acceptors (Lipinski definition) is 4. The fourth-order valence-corrected chi connectivity index (χ4v) is 2.90. The number of likely N-dealkylation sites (N-methyl/N-ethyl adjacent to an activating group) is 4. The van der Waals surface area contributed by atoms with Gasteiger partial charge in [-0.3, -0.25) is 4.90 Å². The van der Waals surface area contributed by atoms with Crippen LogP contribution in [-0.2, 0) is 0 Å². The van der Waals surface area contributed by atoms with E-state index in [1.165, 1.54) is 32.7 Å². The molecular weight excluding hydrogens is 236 g/mol. The van der Waals surface area contributed by atoms with E-state index >= 15 is 0 Å². The first-order valence-corrected chi connectivity index (χ1v) is 7.60. The largest absolute Gasteiger partial charge is 0.304 e. The van der Waals surface area contributed by atoms with Crippen LogP contribution in [0, 0.1) is 0 Å². The average Bonchev–Trinajstić information content (AvgIpc) is 2.32. The second-order valence-corrected chi connectivity index (χ2v) is 6.68. The van der Waals surface area contributed by atoms with Crippen LogP contribution < -0.4 is 0 Å². The Morgan fingerprint density at radius 3 is 1.53 bits per heavy atom. The molecule has 0 aromatic carbocycles. The summed E-state index contributed by atoms with van der Waals surface area (Å²) in [7, 11) is 8.78. The molecule has 2 fully saturated rings. The van der Waals surface area contributed by atoms with Gasteiger partial charge in [0.05, 0.1) is 0 Å². The van der Waals surface area contributed by atoms with Crippen molar-refractivity contribution in [3.8, 4) is 0 Å². The Hall–Kier alpha value is -0.160. The van der Waals surface area contributed by atoms with Gasteiger partial charge in [0.1, 0.15) is 0 Å². The summed E-state index contributed by atoms with van der Waals surface area (Å²) in [5.74, 6) is 0. The minimum Gasteiger partial charge on any atom is -0.304 e. The zero-order chi connectivity index (χ0) is 14.6. The van der Waals surface area contributed by atoms with E-state index in [-0.39, 0.29) is 0 Å². The van der Waals surface area contributed by atoms with Crippen LogP contribution in [0.3, 0.4) is 0 Å². The van der Waals surface area contributed by atoms with Crippen LogP contribution in [0.2, 0.25) is 0 Å². The molecule has 0 aromatic heterocycles. The Labute approximate surface area is 120 Å². The number of piperazine rings is 2. The molecule has 0 aromatic rings. The second kappa shape index (κ2) is 7.58. The summed E-state index contributed by atoms with van der Waals surface area (Å²) in [5.41, 5.74) is 0. The van der Waals surface area contributed by atoms with Gasteiger partial charge in [-0.25, -0.2) is 0 Å². The molecule has 0 saturated carbocycles. The van der Waals surface area contributed by atoms with Gasteiger partial charge in [0.2, 0.25) is 0 Å². The molecule has 0 radical (unpaired) electrons. The van der Waals surface area contributed by atoms with Gasteiger partial charge in [-0.05, 0) is 49.0 Å². The number of rotatable bonds is 0. The Kier molecular flexibility index (Phi) is 6.74. The smallest absolute Gasteiger partial charge is 0.0195 e. The van der Waals surface area contributed by atoms with Crippen molar-refractivity contribution in [2.45, 2.75) is 38.9 Å². The minimum absolute atomic E-state index is 0.716. The molecule has 0 aliphatic carbocycles. The van der Waals surface area contributed by atoms with Gasteiger partial charge >= 0.3 is 0 Å². The summed E-state index contributed by atoms with van der Waals surface area (Å²) >= 11 is 0. The Bertz CT molecular complexity index is 247. The quantitative estimate of drug-likeness (QED) is 0.648. The van der Waals surface area contributed by atoms with E-state index in [9.17, 15) is 0 Å². The van der Waals surface area contributed by atoms with Crippen LogP contribution in [0.5, 0.6) is 0 Å². The zero-order valence-corrected chi connectivity index (χ0v) is 14.1. The summed E-state index contributed by atoms with van der Waals surface area (Å²) < 4.78 is 0. The maximum Gasteiger partial charge on any atom is 0.0195 e. The van der Waals surface area contributed by atoms with Gasteiger partial charge in [0.15, 0.2) is 0 Å². The number of nitrogens with zero attached hydrogens (tertiary/aromatic N) is 4. The Morgan fingerprint density at radius 2 is 1.11 bits per heavy atom. The summed E-state index contributed by atoms with van der Waals surface area (Å²) in [6.07, 6.45) is 0. The molecule has 2 saturated heterocycles. The summed E-state index contributed by atoms with van der Waals surface area (Å²) in [6, 6.07) is 2.17. The molecule has 2 aliphatic heterocycles. The van der Waals surface area contributed by atoms with Crippen LogP contribution in [0.1, 0.15) is 20.8 Å². The highest BCUT2D eigenvalue weighted by Crippen LogP contribution is 2.10. The molecule has 2 rings (SSSR count). The van der Waals surface area contributed by atoms with E-state index in [0.29, 0.717) is 12.1 Å². The fourth-order valence-electron chi connectivity index (χ4n) is 2.90. The predicted octanol–water partition coefficient (Wildman–Crippen LogP) is 0.893. The third kappa shape index (κ3) is 5.38. The topological polar surface area (TPSA) is 13.0 Å². The second-order valence-electron chi connectivity index (χ2n) is 6.68. The van der Waals surface area contributed by atoms with E-state index in [4.69, 9.17) is 0 Å². The highest BCUT2D eigenvalue weighted by Gasteiger charge is 2.23. The van der Waals surface area contributed by atoms with E-state index in [1.807, 2.05) is 0 Å². The first-order valence-electron chi connectivity index (χ1n) is 7.60. The molecule has 0 spiro atoms. The molecule has 4 heteroatoms. The third-order valence-corrected chi connectivity index (χ3v) is 4.71. The van der Waals surface area contributed by atoms with Gasteiger partial charge < -0.3 is 14.7 Å². The van der Waals surface area contributed by atoms with Crippen molar-refractivity contribution in [1.29, 1.82) is 0 Å². The van der Waals surface area contributed by atoms with E-state index in [2.05, 4.69) is 68.6 Å². The molecule has 0 N–H and O–H groups in total. The standard InChI is InChI=1S/C8H18N2.C7H16N2/c1-7-5-9(3)6-8(2)10(7)4;1-7-6-8(2)4-5-9(7)3/h7-8H,5-6H2,1-4H3;7H,4-6H2,1-3H3. The Balaban J connectivity index is 0.000000191. The number of hydrogen-bond donors (Lipinski definition) is 0. The zero-order valence-electron chi connectivity index (χ0n) is 14.1. The maximum atomic E-state index is 2.44. The van der Waals surface area contributed by atoms with Crippen molar-refractivity contribution in [3.63, 3.8) is 0 Å². The Morgan fingerprint density at radius 1 is 0.632 bits per heavy atom. The SMILES string of the molecule is CC1CN(C)CC(C)N1C.CC1CN(C)CCN1C. The van der Waals surface area contributed by atoms with Crippen LogP contribution in [0.4, 0.5) is 0 Å². The van der Waals surface area contributed by atoms with Crippen molar-refractivity contribution in [2.75, 3.05) is 60.9 Å². The lowest BCUT2D eigenvalue weighted by molar-refractivity contribution is 0.0761. The highest BCUT2D eigenvalue weighted by atomic mass is 15.3. The highest BCUT2D eigenvalue weighted by molar-refractivity contribution is 4.80. The molecule has 2 heterocycles. The van der Waals surface area contributed by atoms with Crippen molar-refractivity contribution in [3.05, 3.63) is 0 Å².